The number of likely N-dealkylation sites (tertiary alicyclic amines) is 2. The zero-order valence-electron chi connectivity index (χ0n) is 14.4. The Morgan fingerprint density at radius 3 is 2.70 bits per heavy atom. The van der Waals surface area contributed by atoms with Gasteiger partial charge in [0.1, 0.15) is 0 Å². The van der Waals surface area contributed by atoms with Crippen LogP contribution in [-0.2, 0) is 24.1 Å². The van der Waals surface area contributed by atoms with Crippen LogP contribution in [0.15, 0.2) is 28.9 Å². The second kappa shape index (κ2) is 6.59. The number of hydrogen-bond acceptors (Lipinski definition) is 6. The van der Waals surface area contributed by atoms with Crippen molar-refractivity contribution in [1.82, 2.24) is 24.9 Å². The predicted molar refractivity (Wildman–Crippen MR) is 85.9 cm³/mol. The monoisotopic (exact) mass is 381 g/mol. The molecule has 2 aromatic heterocycles. The van der Waals surface area contributed by atoms with Crippen molar-refractivity contribution < 1.29 is 22.5 Å². The summed E-state index contributed by atoms with van der Waals surface area (Å²) in [5.41, 5.74) is 0.352. The quantitative estimate of drug-likeness (QED) is 0.808. The zero-order chi connectivity index (χ0) is 19.1. The van der Waals surface area contributed by atoms with Gasteiger partial charge in [0.15, 0.2) is 0 Å². The van der Waals surface area contributed by atoms with Gasteiger partial charge in [-0.1, -0.05) is 11.2 Å². The molecule has 27 heavy (non-hydrogen) atoms. The lowest BCUT2D eigenvalue weighted by Gasteiger charge is -2.23. The number of pyridine rings is 1. The Bertz CT molecular complexity index is 825. The van der Waals surface area contributed by atoms with Crippen LogP contribution in [0.4, 0.5) is 13.2 Å². The normalized spacial score (nSPS) is 23.7. The van der Waals surface area contributed by atoms with Crippen LogP contribution in [-0.4, -0.2) is 50.5 Å². The van der Waals surface area contributed by atoms with Crippen molar-refractivity contribution in [2.75, 3.05) is 19.6 Å². The first-order chi connectivity index (χ1) is 12.9. The van der Waals surface area contributed by atoms with Gasteiger partial charge >= 0.3 is 6.18 Å². The number of carbonyl (C=O) groups excluding carboxylic acids is 1. The Morgan fingerprint density at radius 1 is 1.19 bits per heavy atom. The molecule has 1 unspecified atom stereocenters. The SMILES string of the molecule is O=C1N(Cc2ccccn2)CCC12CCN(Cc1nc(C(F)(F)F)no1)C2. The lowest BCUT2D eigenvalue weighted by Crippen LogP contribution is -2.36. The molecule has 0 aliphatic carbocycles. The van der Waals surface area contributed by atoms with E-state index in [0.29, 0.717) is 32.6 Å². The summed E-state index contributed by atoms with van der Waals surface area (Å²) in [4.78, 5) is 24.3. The van der Waals surface area contributed by atoms with Crippen LogP contribution < -0.4 is 0 Å². The van der Waals surface area contributed by atoms with Crippen molar-refractivity contribution in [2.45, 2.75) is 32.1 Å². The molecule has 2 aliphatic heterocycles. The second-order valence-electron chi connectivity index (χ2n) is 7.05. The fraction of sp³-hybridized carbons (Fsp3) is 0.529. The van der Waals surface area contributed by atoms with Gasteiger partial charge in [0.2, 0.25) is 11.8 Å². The molecule has 4 heterocycles. The molecule has 2 aromatic rings. The lowest BCUT2D eigenvalue weighted by molar-refractivity contribution is -0.146. The smallest absolute Gasteiger partial charge is 0.338 e. The van der Waals surface area contributed by atoms with Gasteiger partial charge in [-0.2, -0.15) is 18.2 Å². The molecule has 0 N–H and O–H groups in total. The first-order valence-electron chi connectivity index (χ1n) is 8.67. The molecule has 0 radical (unpaired) electrons. The van der Waals surface area contributed by atoms with Crippen molar-refractivity contribution in [3.8, 4) is 0 Å². The lowest BCUT2D eigenvalue weighted by atomic mass is 9.85. The van der Waals surface area contributed by atoms with E-state index in [-0.39, 0.29) is 18.3 Å². The Balaban J connectivity index is 1.38. The number of nitrogens with zero attached hydrogens (tertiary/aromatic N) is 5. The maximum absolute atomic E-state index is 12.9. The number of halogens is 3. The van der Waals surface area contributed by atoms with Crippen LogP contribution in [0.5, 0.6) is 0 Å². The van der Waals surface area contributed by atoms with E-state index in [2.05, 4.69) is 15.1 Å². The minimum atomic E-state index is -4.62. The van der Waals surface area contributed by atoms with Crippen LogP contribution in [0.2, 0.25) is 0 Å². The molecule has 2 fully saturated rings. The predicted octanol–water partition coefficient (Wildman–Crippen LogP) is 2.11. The number of alkyl halides is 3. The van der Waals surface area contributed by atoms with Gasteiger partial charge in [-0.15, -0.1) is 0 Å². The van der Waals surface area contributed by atoms with Gasteiger partial charge in [-0.05, 0) is 31.5 Å². The van der Waals surface area contributed by atoms with Crippen molar-refractivity contribution >= 4 is 5.91 Å². The molecule has 0 bridgehead atoms. The largest absolute Gasteiger partial charge is 0.455 e. The minimum absolute atomic E-state index is 0.0807. The van der Waals surface area contributed by atoms with E-state index in [1.807, 2.05) is 23.1 Å². The van der Waals surface area contributed by atoms with E-state index >= 15 is 0 Å². The molecule has 10 heteroatoms. The molecular formula is C17H18F3N5O2. The molecule has 0 aromatic carbocycles. The van der Waals surface area contributed by atoms with E-state index in [4.69, 9.17) is 4.52 Å². The van der Waals surface area contributed by atoms with Gasteiger partial charge in [-0.3, -0.25) is 14.7 Å². The fourth-order valence-corrected chi connectivity index (χ4v) is 3.83. The van der Waals surface area contributed by atoms with Crippen LogP contribution in [0.3, 0.4) is 0 Å². The van der Waals surface area contributed by atoms with E-state index in [1.54, 1.807) is 11.1 Å². The van der Waals surface area contributed by atoms with E-state index in [0.717, 1.165) is 12.1 Å². The Labute approximate surface area is 153 Å². The topological polar surface area (TPSA) is 75.4 Å². The summed E-state index contributed by atoms with van der Waals surface area (Å²) in [7, 11) is 0. The summed E-state index contributed by atoms with van der Waals surface area (Å²) in [5, 5.41) is 2.97. The summed E-state index contributed by atoms with van der Waals surface area (Å²) in [6, 6.07) is 5.59. The van der Waals surface area contributed by atoms with E-state index < -0.39 is 17.4 Å². The highest BCUT2D eigenvalue weighted by Crippen LogP contribution is 2.41. The number of hydrogen-bond donors (Lipinski definition) is 0. The molecule has 4 rings (SSSR count). The molecule has 7 nitrogen and oxygen atoms in total. The Hall–Kier alpha value is -2.49. The zero-order valence-corrected chi connectivity index (χ0v) is 14.4. The van der Waals surface area contributed by atoms with Gasteiger partial charge < -0.3 is 9.42 Å². The first-order valence-corrected chi connectivity index (χ1v) is 8.67. The highest BCUT2D eigenvalue weighted by Gasteiger charge is 2.50. The average molecular weight is 381 g/mol. The fourth-order valence-electron chi connectivity index (χ4n) is 3.83. The van der Waals surface area contributed by atoms with Crippen molar-refractivity contribution in [3.05, 3.63) is 41.8 Å². The van der Waals surface area contributed by atoms with Crippen molar-refractivity contribution in [1.29, 1.82) is 0 Å². The van der Waals surface area contributed by atoms with Gasteiger partial charge in [-0.25, -0.2) is 0 Å². The van der Waals surface area contributed by atoms with Gasteiger partial charge in [0.05, 0.1) is 24.2 Å². The summed E-state index contributed by atoms with van der Waals surface area (Å²) in [5.74, 6) is -1.28. The number of aromatic nitrogens is 3. The summed E-state index contributed by atoms with van der Waals surface area (Å²) in [6.45, 7) is 2.32. The molecule has 1 amide bonds. The summed E-state index contributed by atoms with van der Waals surface area (Å²) in [6.07, 6.45) is -1.53. The van der Waals surface area contributed by atoms with E-state index in [9.17, 15) is 18.0 Å². The van der Waals surface area contributed by atoms with Crippen LogP contribution in [0.1, 0.15) is 30.3 Å². The third kappa shape index (κ3) is 3.53. The Morgan fingerprint density at radius 2 is 2.00 bits per heavy atom. The number of carbonyl (C=O) groups is 1. The number of amides is 1. The maximum Gasteiger partial charge on any atom is 0.455 e. The molecule has 2 aliphatic rings. The van der Waals surface area contributed by atoms with Crippen LogP contribution in [0.25, 0.3) is 0 Å². The average Bonchev–Trinajstić information content (AvgIpc) is 3.33. The molecule has 2 saturated heterocycles. The maximum atomic E-state index is 12.9. The molecule has 1 spiro atoms. The van der Waals surface area contributed by atoms with Crippen LogP contribution in [0, 0.1) is 5.41 Å². The highest BCUT2D eigenvalue weighted by atomic mass is 19.4. The standard InChI is InChI=1S/C17H18F3N5O2/c18-17(19,20)14-22-13(27-23-14)10-24-7-4-16(11-24)5-8-25(15(16)26)9-12-3-1-2-6-21-12/h1-3,6H,4-5,7-11H2. The molecule has 0 saturated carbocycles. The molecule has 144 valence electrons. The van der Waals surface area contributed by atoms with Crippen molar-refractivity contribution in [3.63, 3.8) is 0 Å². The minimum Gasteiger partial charge on any atom is -0.338 e. The number of rotatable bonds is 4. The van der Waals surface area contributed by atoms with Crippen molar-refractivity contribution in [2.24, 2.45) is 5.41 Å². The highest BCUT2D eigenvalue weighted by molar-refractivity contribution is 5.85. The summed E-state index contributed by atoms with van der Waals surface area (Å²) >= 11 is 0. The molecule has 1 atom stereocenters. The van der Waals surface area contributed by atoms with E-state index in [1.165, 1.54) is 0 Å². The third-order valence-electron chi connectivity index (χ3n) is 5.19. The van der Waals surface area contributed by atoms with Gasteiger partial charge in [0, 0.05) is 19.3 Å². The Kier molecular flexibility index (Phi) is 4.37. The summed E-state index contributed by atoms with van der Waals surface area (Å²) < 4.78 is 42.4. The molecular weight excluding hydrogens is 363 g/mol. The van der Waals surface area contributed by atoms with Crippen LogP contribution >= 0.6 is 0 Å². The second-order valence-corrected chi connectivity index (χ2v) is 7.05. The first kappa shape index (κ1) is 17.9. The van der Waals surface area contributed by atoms with Gasteiger partial charge in [0.25, 0.3) is 5.82 Å². The third-order valence-corrected chi connectivity index (χ3v) is 5.19.